The molecule has 0 atom stereocenters. The zero-order chi connectivity index (χ0) is 21.8. The van der Waals surface area contributed by atoms with Gasteiger partial charge in [0.2, 0.25) is 0 Å². The monoisotopic (exact) mass is 425 g/mol. The highest BCUT2D eigenvalue weighted by molar-refractivity contribution is 8.12. The van der Waals surface area contributed by atoms with Gasteiger partial charge in [-0.05, 0) is 37.6 Å². The molecule has 0 saturated carbocycles. The summed E-state index contributed by atoms with van der Waals surface area (Å²) in [4.78, 5) is 18.8. The lowest BCUT2D eigenvalue weighted by Crippen LogP contribution is -2.51. The van der Waals surface area contributed by atoms with Crippen LogP contribution in [-0.4, -0.2) is 55.0 Å². The van der Waals surface area contributed by atoms with E-state index in [2.05, 4.69) is 31.4 Å². The third kappa shape index (κ3) is 4.65. The number of allylic oxidation sites excluding steroid dienone is 1. The number of hydrogen-bond acceptors (Lipinski definition) is 5. The first-order valence-electron chi connectivity index (χ1n) is 10.3. The number of methoxy groups -OCH3 is 1. The molecule has 2 N–H and O–H groups in total. The number of nitrogens with two attached hydrogens (primary N) is 1. The van der Waals surface area contributed by atoms with E-state index in [-0.39, 0.29) is 5.91 Å². The second-order valence-corrected chi connectivity index (χ2v) is 8.93. The number of benzene rings is 2. The Kier molecular flexibility index (Phi) is 7.10. The lowest BCUT2D eigenvalue weighted by Gasteiger charge is -2.37. The highest BCUT2D eigenvalue weighted by Crippen LogP contribution is 2.42. The van der Waals surface area contributed by atoms with E-state index in [4.69, 9.17) is 10.5 Å². The summed E-state index contributed by atoms with van der Waals surface area (Å²) in [5.41, 5.74) is 7.57. The second kappa shape index (κ2) is 9.58. The molecule has 0 aliphatic carbocycles. The van der Waals surface area contributed by atoms with Gasteiger partial charge in [-0.1, -0.05) is 48.7 Å². The van der Waals surface area contributed by atoms with Crippen molar-refractivity contribution in [2.75, 3.05) is 33.3 Å². The molecular formula is C24H31N3O2S. The van der Waals surface area contributed by atoms with Crippen molar-refractivity contribution in [3.8, 4) is 5.75 Å². The van der Waals surface area contributed by atoms with Crippen molar-refractivity contribution in [1.82, 2.24) is 9.80 Å². The number of nitrogens with zero attached hydrogens (tertiary/aromatic N) is 2. The molecule has 1 saturated heterocycles. The normalized spacial score (nSPS) is 16.0. The smallest absolute Gasteiger partial charge is 0.262 e. The number of ether oxygens (including phenoxy) is 1. The van der Waals surface area contributed by atoms with Crippen LogP contribution in [0.4, 0.5) is 0 Å². The number of thioether (sulfide) groups is 1. The number of hydrogen-bond donors (Lipinski definition) is 1. The number of carbonyl (C=O) groups excluding carboxylic acids is 1. The molecular weight excluding hydrogens is 394 g/mol. The second-order valence-electron chi connectivity index (χ2n) is 7.82. The maximum atomic E-state index is 13.3. The van der Waals surface area contributed by atoms with Crippen molar-refractivity contribution in [3.05, 3.63) is 59.1 Å². The van der Waals surface area contributed by atoms with Gasteiger partial charge in [0.15, 0.2) is 0 Å². The van der Waals surface area contributed by atoms with Crippen LogP contribution in [0.15, 0.2) is 53.6 Å². The van der Waals surface area contributed by atoms with E-state index in [0.717, 1.165) is 40.1 Å². The molecule has 0 radical (unpaired) electrons. The van der Waals surface area contributed by atoms with Crippen molar-refractivity contribution >= 4 is 33.3 Å². The van der Waals surface area contributed by atoms with E-state index in [1.807, 2.05) is 35.2 Å². The first-order chi connectivity index (χ1) is 14.3. The van der Waals surface area contributed by atoms with Crippen molar-refractivity contribution in [2.45, 2.75) is 26.8 Å². The van der Waals surface area contributed by atoms with Gasteiger partial charge in [0.25, 0.3) is 5.91 Å². The third-order valence-corrected chi connectivity index (χ3v) is 6.65. The van der Waals surface area contributed by atoms with E-state index >= 15 is 0 Å². The van der Waals surface area contributed by atoms with Crippen LogP contribution in [0.2, 0.25) is 0 Å². The predicted molar refractivity (Wildman–Crippen MR) is 127 cm³/mol. The summed E-state index contributed by atoms with van der Waals surface area (Å²) >= 11 is 1.33. The molecule has 1 aliphatic heterocycles. The number of rotatable bonds is 6. The van der Waals surface area contributed by atoms with Gasteiger partial charge in [0.1, 0.15) is 5.75 Å². The summed E-state index contributed by atoms with van der Waals surface area (Å²) in [5, 5.41) is 2.14. The molecule has 1 heterocycles. The zero-order valence-electron chi connectivity index (χ0n) is 18.3. The maximum absolute atomic E-state index is 13.3. The topological polar surface area (TPSA) is 58.8 Å². The lowest BCUT2D eigenvalue weighted by atomic mass is 10.0. The van der Waals surface area contributed by atoms with Crippen LogP contribution in [0, 0.1) is 0 Å². The maximum Gasteiger partial charge on any atom is 0.262 e. The standard InChI is InChI=1S/C24H31N3O2S/c1-16(2)26-12-14-27(15-13-26)24(28)23(17(3)25)30-18(4)22-20-9-7-6-8-19(20)10-11-21(22)29-5/h6-11,16H,4,12-15,25H2,1-3,5H3/b23-17-. The number of fused-ring (bicyclic) bond motifs is 1. The van der Waals surface area contributed by atoms with E-state index in [9.17, 15) is 4.79 Å². The molecule has 0 bridgehead atoms. The number of amides is 1. The van der Waals surface area contributed by atoms with Crippen molar-refractivity contribution in [1.29, 1.82) is 0 Å². The molecule has 5 nitrogen and oxygen atoms in total. The number of piperazine rings is 1. The highest BCUT2D eigenvalue weighted by Gasteiger charge is 2.27. The van der Waals surface area contributed by atoms with Gasteiger partial charge >= 0.3 is 0 Å². The lowest BCUT2D eigenvalue weighted by molar-refractivity contribution is -0.128. The summed E-state index contributed by atoms with van der Waals surface area (Å²) in [5.74, 6) is 0.710. The molecule has 1 fully saturated rings. The zero-order valence-corrected chi connectivity index (χ0v) is 19.1. The average Bonchev–Trinajstić information content (AvgIpc) is 2.75. The van der Waals surface area contributed by atoms with Crippen LogP contribution in [0.25, 0.3) is 15.7 Å². The minimum atomic E-state index is -0.0243. The summed E-state index contributed by atoms with van der Waals surface area (Å²) in [6, 6.07) is 12.6. The Hall–Kier alpha value is -2.44. The quantitative estimate of drug-likeness (QED) is 0.700. The van der Waals surface area contributed by atoms with E-state index in [0.29, 0.717) is 29.7 Å². The average molecular weight is 426 g/mol. The molecule has 0 aromatic heterocycles. The largest absolute Gasteiger partial charge is 0.496 e. The number of carbonyl (C=O) groups is 1. The molecule has 30 heavy (non-hydrogen) atoms. The minimum Gasteiger partial charge on any atom is -0.496 e. The Morgan fingerprint density at radius 1 is 1.13 bits per heavy atom. The summed E-state index contributed by atoms with van der Waals surface area (Å²) in [6.07, 6.45) is 0. The summed E-state index contributed by atoms with van der Waals surface area (Å²) in [6.45, 7) is 13.6. The van der Waals surface area contributed by atoms with Crippen LogP contribution < -0.4 is 10.5 Å². The van der Waals surface area contributed by atoms with Gasteiger partial charge in [-0.15, -0.1) is 0 Å². The Balaban J connectivity index is 1.85. The fourth-order valence-corrected chi connectivity index (χ4v) is 4.70. The van der Waals surface area contributed by atoms with Crippen LogP contribution >= 0.6 is 11.8 Å². The Morgan fingerprint density at radius 3 is 2.40 bits per heavy atom. The first-order valence-corrected chi connectivity index (χ1v) is 11.1. The summed E-state index contributed by atoms with van der Waals surface area (Å²) < 4.78 is 5.61. The van der Waals surface area contributed by atoms with Crippen LogP contribution in [0.5, 0.6) is 5.75 Å². The molecule has 2 aromatic rings. The minimum absolute atomic E-state index is 0.0243. The third-order valence-electron chi connectivity index (χ3n) is 5.50. The van der Waals surface area contributed by atoms with Gasteiger partial charge in [0.05, 0.1) is 12.0 Å². The fourth-order valence-electron chi connectivity index (χ4n) is 3.76. The van der Waals surface area contributed by atoms with E-state index in [1.54, 1.807) is 14.0 Å². The molecule has 3 rings (SSSR count). The van der Waals surface area contributed by atoms with Gasteiger partial charge in [-0.2, -0.15) is 0 Å². The molecule has 1 aliphatic rings. The Labute approximate surface area is 183 Å². The SMILES string of the molecule is C=C(S/C(C(=O)N1CCN(C(C)C)CC1)=C(/C)N)c1c(OC)ccc2ccccc12. The van der Waals surface area contributed by atoms with Gasteiger partial charge in [0, 0.05) is 48.4 Å². The first kappa shape index (κ1) is 22.2. The van der Waals surface area contributed by atoms with Gasteiger partial charge in [-0.3, -0.25) is 9.69 Å². The highest BCUT2D eigenvalue weighted by atomic mass is 32.2. The van der Waals surface area contributed by atoms with E-state index in [1.165, 1.54) is 11.8 Å². The van der Waals surface area contributed by atoms with Gasteiger partial charge in [-0.25, -0.2) is 0 Å². The molecule has 2 aromatic carbocycles. The molecule has 160 valence electrons. The molecule has 0 unspecified atom stereocenters. The molecule has 6 heteroatoms. The van der Waals surface area contributed by atoms with Crippen LogP contribution in [0.3, 0.4) is 0 Å². The predicted octanol–water partition coefficient (Wildman–Crippen LogP) is 4.30. The molecule has 0 spiro atoms. The van der Waals surface area contributed by atoms with Crippen molar-refractivity contribution in [2.24, 2.45) is 5.73 Å². The Morgan fingerprint density at radius 2 is 1.80 bits per heavy atom. The van der Waals surface area contributed by atoms with Crippen molar-refractivity contribution in [3.63, 3.8) is 0 Å². The van der Waals surface area contributed by atoms with Crippen LogP contribution in [0.1, 0.15) is 26.3 Å². The van der Waals surface area contributed by atoms with E-state index < -0.39 is 0 Å². The van der Waals surface area contributed by atoms with Crippen LogP contribution in [-0.2, 0) is 4.79 Å². The van der Waals surface area contributed by atoms with Crippen molar-refractivity contribution < 1.29 is 9.53 Å². The van der Waals surface area contributed by atoms with Gasteiger partial charge < -0.3 is 15.4 Å². The molecule has 1 amide bonds. The fraction of sp³-hybridized carbons (Fsp3) is 0.375. The summed E-state index contributed by atoms with van der Waals surface area (Å²) in [7, 11) is 1.65. The Bertz CT molecular complexity index is 972.